The third-order valence-electron chi connectivity index (χ3n) is 5.76. The van der Waals surface area contributed by atoms with E-state index in [0.717, 1.165) is 31.6 Å². The van der Waals surface area contributed by atoms with Crippen molar-refractivity contribution >= 4 is 5.97 Å². The molecule has 0 bridgehead atoms. The monoisotopic (exact) mass is 398 g/mol. The Labute approximate surface area is 177 Å². The zero-order valence-electron chi connectivity index (χ0n) is 19.3. The van der Waals surface area contributed by atoms with Crippen molar-refractivity contribution in [2.45, 2.75) is 79.6 Å². The first-order chi connectivity index (χ1) is 13.7. The van der Waals surface area contributed by atoms with Crippen LogP contribution in [-0.2, 0) is 10.2 Å². The predicted octanol–water partition coefficient (Wildman–Crippen LogP) is 6.99. The molecule has 0 radical (unpaired) electrons. The maximum atomic E-state index is 9.37. The molecule has 0 spiro atoms. The van der Waals surface area contributed by atoms with Gasteiger partial charge in [0.05, 0.1) is 6.61 Å². The summed E-state index contributed by atoms with van der Waals surface area (Å²) < 4.78 is 5.86. The number of hydrogen-bond donors (Lipinski definition) is 1. The molecule has 0 aliphatic carbocycles. The second kappa shape index (κ2) is 11.6. The van der Waals surface area contributed by atoms with Gasteiger partial charge in [0.25, 0.3) is 0 Å². The molecule has 0 saturated heterocycles. The van der Waals surface area contributed by atoms with Gasteiger partial charge in [0, 0.05) is 11.8 Å². The summed E-state index contributed by atoms with van der Waals surface area (Å²) >= 11 is 0. The fraction of sp³-hybridized carbons (Fsp3) is 0.500. The molecule has 0 aromatic heterocycles. The lowest BCUT2D eigenvalue weighted by Gasteiger charge is -2.34. The summed E-state index contributed by atoms with van der Waals surface area (Å²) in [4.78, 5) is 9.37. The first kappa shape index (κ1) is 24.7. The second-order valence-corrected chi connectivity index (χ2v) is 7.66. The molecule has 2 aromatic rings. The molecule has 0 heterocycles. The van der Waals surface area contributed by atoms with E-state index < -0.39 is 5.97 Å². The van der Waals surface area contributed by atoms with E-state index in [9.17, 15) is 4.79 Å². The second-order valence-electron chi connectivity index (χ2n) is 7.66. The van der Waals surface area contributed by atoms with Gasteiger partial charge in [0.15, 0.2) is 0 Å². The van der Waals surface area contributed by atoms with Crippen LogP contribution >= 0.6 is 0 Å². The molecular formula is C26H38O3. The summed E-state index contributed by atoms with van der Waals surface area (Å²) in [5.74, 6) is 0.270. The van der Waals surface area contributed by atoms with E-state index in [1.807, 2.05) is 0 Å². The van der Waals surface area contributed by atoms with Crippen molar-refractivity contribution in [1.29, 1.82) is 0 Å². The molecule has 3 heteroatoms. The number of rotatable bonds is 8. The molecule has 1 N–H and O–H groups in total. The highest BCUT2D eigenvalue weighted by molar-refractivity contribution is 5.66. The van der Waals surface area contributed by atoms with Gasteiger partial charge in [0.2, 0.25) is 0 Å². The van der Waals surface area contributed by atoms with Crippen LogP contribution in [0.15, 0.2) is 36.4 Å². The zero-order chi connectivity index (χ0) is 22.0. The summed E-state index contributed by atoms with van der Waals surface area (Å²) in [6.45, 7) is 15.7. The summed E-state index contributed by atoms with van der Waals surface area (Å²) in [6.07, 6.45) is 3.46. The van der Waals surface area contributed by atoms with Gasteiger partial charge in [-0.3, -0.25) is 4.79 Å². The van der Waals surface area contributed by atoms with E-state index >= 15 is 0 Å². The summed E-state index contributed by atoms with van der Waals surface area (Å²) in [5, 5.41) is 7.72. The topological polar surface area (TPSA) is 46.5 Å². The molecule has 0 aliphatic heterocycles. The van der Waals surface area contributed by atoms with Crippen LogP contribution in [0.5, 0.6) is 5.75 Å². The van der Waals surface area contributed by atoms with Gasteiger partial charge >= 0.3 is 5.97 Å². The van der Waals surface area contributed by atoms with Crippen molar-refractivity contribution in [3.8, 4) is 5.75 Å². The quantitative estimate of drug-likeness (QED) is 0.521. The van der Waals surface area contributed by atoms with Crippen LogP contribution in [0.2, 0.25) is 0 Å². The number of aliphatic carboxylic acids is 1. The molecule has 0 atom stereocenters. The fourth-order valence-corrected chi connectivity index (χ4v) is 3.59. The summed E-state index contributed by atoms with van der Waals surface area (Å²) in [5.41, 5.74) is 6.87. The third kappa shape index (κ3) is 6.35. The molecule has 2 rings (SSSR count). The van der Waals surface area contributed by atoms with Gasteiger partial charge in [-0.05, 0) is 73.9 Å². The van der Waals surface area contributed by atoms with Gasteiger partial charge in [0.1, 0.15) is 5.75 Å². The minimum absolute atomic E-state index is 0.0759. The first-order valence-electron chi connectivity index (χ1n) is 10.8. The van der Waals surface area contributed by atoms with Crippen LogP contribution in [0, 0.1) is 20.8 Å². The van der Waals surface area contributed by atoms with Gasteiger partial charge in [-0.1, -0.05) is 58.0 Å². The number of aryl methyl sites for hydroxylation is 3. The van der Waals surface area contributed by atoms with E-state index in [1.54, 1.807) is 6.92 Å². The molecule has 3 nitrogen and oxygen atoms in total. The molecule has 0 amide bonds. The predicted molar refractivity (Wildman–Crippen MR) is 122 cm³/mol. The van der Waals surface area contributed by atoms with Crippen LogP contribution in [0.25, 0.3) is 0 Å². The van der Waals surface area contributed by atoms with Crippen molar-refractivity contribution in [2.75, 3.05) is 6.61 Å². The van der Waals surface area contributed by atoms with Gasteiger partial charge in [-0.15, -0.1) is 0 Å². The van der Waals surface area contributed by atoms with E-state index in [2.05, 4.69) is 77.9 Å². The lowest BCUT2D eigenvalue weighted by Crippen LogP contribution is -2.26. The number of carbonyl (C=O) groups is 1. The number of carboxylic acid groups (broad SMARTS) is 1. The minimum atomic E-state index is -0.745. The third-order valence-corrected chi connectivity index (χ3v) is 5.76. The van der Waals surface area contributed by atoms with E-state index in [1.165, 1.54) is 27.8 Å². The first-order valence-corrected chi connectivity index (χ1v) is 10.8. The van der Waals surface area contributed by atoms with Crippen molar-refractivity contribution in [1.82, 2.24) is 0 Å². The summed E-state index contributed by atoms with van der Waals surface area (Å²) in [6, 6.07) is 13.7. The zero-order valence-corrected chi connectivity index (χ0v) is 19.3. The normalized spacial score (nSPS) is 10.9. The Bertz CT molecular complexity index is 789. The fourth-order valence-electron chi connectivity index (χ4n) is 3.59. The number of hydrogen-bond acceptors (Lipinski definition) is 2. The van der Waals surface area contributed by atoms with Crippen molar-refractivity contribution in [2.24, 2.45) is 0 Å². The Hall–Kier alpha value is -2.29. The molecule has 0 fully saturated rings. The van der Waals surface area contributed by atoms with Crippen LogP contribution in [0.4, 0.5) is 0 Å². The maximum Gasteiger partial charge on any atom is 0.303 e. The minimum Gasteiger partial charge on any atom is -0.493 e. The van der Waals surface area contributed by atoms with Crippen molar-refractivity contribution in [3.63, 3.8) is 0 Å². The molecule has 0 unspecified atom stereocenters. The number of carboxylic acids is 1. The Morgan fingerprint density at radius 1 is 0.862 bits per heavy atom. The Kier molecular flexibility index (Phi) is 9.94. The van der Waals surface area contributed by atoms with E-state index in [-0.39, 0.29) is 11.8 Å². The number of ether oxygens (including phenoxy) is 1. The standard InChI is InChI=1S/C23H32O.C3H6O2/c1-7-14-24-22-13-12-21(16-19(22)6)23(8-2,9-3)20-11-10-17(4)18(5)15-20;1-2-3(4)5/h10-13,15-16H,7-9,14H2,1-6H3;2H2,1H3,(H,4,5). The highest BCUT2D eigenvalue weighted by Crippen LogP contribution is 2.40. The average molecular weight is 399 g/mol. The largest absolute Gasteiger partial charge is 0.493 e. The molecule has 29 heavy (non-hydrogen) atoms. The smallest absolute Gasteiger partial charge is 0.303 e. The van der Waals surface area contributed by atoms with E-state index in [4.69, 9.17) is 9.84 Å². The molecule has 0 saturated carbocycles. The van der Waals surface area contributed by atoms with Crippen LogP contribution in [0.3, 0.4) is 0 Å². The lowest BCUT2D eigenvalue weighted by atomic mass is 9.70. The molecule has 0 aliphatic rings. The van der Waals surface area contributed by atoms with Crippen LogP contribution < -0.4 is 4.74 Å². The van der Waals surface area contributed by atoms with Crippen molar-refractivity contribution < 1.29 is 14.6 Å². The highest BCUT2D eigenvalue weighted by atomic mass is 16.5. The van der Waals surface area contributed by atoms with Gasteiger partial charge in [-0.25, -0.2) is 0 Å². The summed E-state index contributed by atoms with van der Waals surface area (Å²) in [7, 11) is 0. The van der Waals surface area contributed by atoms with Crippen LogP contribution in [0.1, 0.15) is 81.2 Å². The SMILES string of the molecule is CCC(=O)O.CCCOc1ccc(C(CC)(CC)c2ccc(C)c(C)c2)cc1C. The highest BCUT2D eigenvalue weighted by Gasteiger charge is 2.31. The number of benzene rings is 2. The Morgan fingerprint density at radius 3 is 1.79 bits per heavy atom. The van der Waals surface area contributed by atoms with Crippen LogP contribution in [-0.4, -0.2) is 17.7 Å². The molecule has 160 valence electrons. The molecule has 2 aromatic carbocycles. The lowest BCUT2D eigenvalue weighted by molar-refractivity contribution is -0.136. The Balaban J connectivity index is 0.000000749. The Morgan fingerprint density at radius 2 is 1.38 bits per heavy atom. The maximum absolute atomic E-state index is 9.37. The van der Waals surface area contributed by atoms with E-state index in [0.29, 0.717) is 0 Å². The van der Waals surface area contributed by atoms with Gasteiger partial charge < -0.3 is 9.84 Å². The van der Waals surface area contributed by atoms with Gasteiger partial charge in [-0.2, -0.15) is 0 Å². The van der Waals surface area contributed by atoms with Crippen molar-refractivity contribution in [3.05, 3.63) is 64.2 Å². The average Bonchev–Trinajstić information content (AvgIpc) is 2.71. The molecular weight excluding hydrogens is 360 g/mol.